The van der Waals surface area contributed by atoms with Gasteiger partial charge in [-0.3, -0.25) is 0 Å². The van der Waals surface area contributed by atoms with Gasteiger partial charge in [-0.05, 0) is 40.0 Å². The number of amides is 1. The van der Waals surface area contributed by atoms with Crippen molar-refractivity contribution in [2.45, 2.75) is 64.6 Å². The lowest BCUT2D eigenvalue weighted by atomic mass is 10.0. The van der Waals surface area contributed by atoms with Gasteiger partial charge in [-0.2, -0.15) is 0 Å². The number of allylic oxidation sites excluding steroid dienone is 2. The highest BCUT2D eigenvalue weighted by atomic mass is 16.6. The van der Waals surface area contributed by atoms with Crippen molar-refractivity contribution in [2.75, 3.05) is 6.54 Å². The Labute approximate surface area is 135 Å². The summed E-state index contributed by atoms with van der Waals surface area (Å²) in [7, 11) is 0. The lowest BCUT2D eigenvalue weighted by Gasteiger charge is -2.30. The summed E-state index contributed by atoms with van der Waals surface area (Å²) in [4.78, 5) is 26.0. The molecule has 1 aliphatic carbocycles. The van der Waals surface area contributed by atoms with Crippen LogP contribution in [0.5, 0.6) is 0 Å². The van der Waals surface area contributed by atoms with Crippen molar-refractivity contribution in [2.24, 2.45) is 0 Å². The molecule has 0 fully saturated rings. The van der Waals surface area contributed by atoms with E-state index in [0.29, 0.717) is 18.5 Å². The van der Waals surface area contributed by atoms with Gasteiger partial charge in [0.25, 0.3) is 0 Å². The molecule has 2 aliphatic rings. The van der Waals surface area contributed by atoms with Crippen molar-refractivity contribution in [1.29, 1.82) is 0 Å². The average Bonchev–Trinajstić information content (AvgIpc) is 2.83. The lowest BCUT2D eigenvalue weighted by molar-refractivity contribution is 0.0221. The number of aromatic nitrogens is 1. The molecule has 2 heterocycles. The van der Waals surface area contributed by atoms with Crippen molar-refractivity contribution < 1.29 is 14.1 Å². The molecular formula is C17H24N2O4. The highest BCUT2D eigenvalue weighted by Gasteiger charge is 2.31. The molecule has 6 nitrogen and oxygen atoms in total. The topological polar surface area (TPSA) is 64.7 Å². The van der Waals surface area contributed by atoms with Gasteiger partial charge in [0.2, 0.25) is 0 Å². The van der Waals surface area contributed by atoms with E-state index in [1.54, 1.807) is 9.64 Å². The van der Waals surface area contributed by atoms with E-state index >= 15 is 0 Å². The van der Waals surface area contributed by atoms with Crippen molar-refractivity contribution in [3.8, 4) is 0 Å². The first-order valence-corrected chi connectivity index (χ1v) is 8.23. The summed E-state index contributed by atoms with van der Waals surface area (Å²) >= 11 is 0. The third-order valence-corrected chi connectivity index (χ3v) is 4.19. The van der Waals surface area contributed by atoms with E-state index in [0.717, 1.165) is 25.0 Å². The highest BCUT2D eigenvalue weighted by molar-refractivity contribution is 5.68. The Bertz CT molecular complexity index is 678. The SMILES string of the molecule is CC(C)(C)OC(=O)N1CCc2c(c(=O)on2C2C=CCCC2)C1. The van der Waals surface area contributed by atoms with Gasteiger partial charge in [-0.25, -0.2) is 14.3 Å². The van der Waals surface area contributed by atoms with E-state index in [-0.39, 0.29) is 24.3 Å². The zero-order valence-electron chi connectivity index (χ0n) is 14.0. The van der Waals surface area contributed by atoms with Crippen LogP contribution in [-0.2, 0) is 17.7 Å². The average molecular weight is 320 g/mol. The summed E-state index contributed by atoms with van der Waals surface area (Å²) in [6.45, 7) is 6.30. The first-order valence-electron chi connectivity index (χ1n) is 8.23. The fraction of sp³-hybridized carbons (Fsp3) is 0.647. The molecule has 1 atom stereocenters. The van der Waals surface area contributed by atoms with Gasteiger partial charge < -0.3 is 14.2 Å². The fourth-order valence-electron chi connectivity index (χ4n) is 3.12. The van der Waals surface area contributed by atoms with Crippen LogP contribution in [0.3, 0.4) is 0 Å². The van der Waals surface area contributed by atoms with E-state index in [4.69, 9.17) is 9.26 Å². The van der Waals surface area contributed by atoms with Crippen LogP contribution in [0, 0.1) is 0 Å². The Morgan fingerprint density at radius 1 is 1.39 bits per heavy atom. The van der Waals surface area contributed by atoms with Crippen LogP contribution < -0.4 is 5.63 Å². The summed E-state index contributed by atoms with van der Waals surface area (Å²) in [5.74, 6) is 0. The predicted octanol–water partition coefficient (Wildman–Crippen LogP) is 3.02. The molecule has 6 heteroatoms. The van der Waals surface area contributed by atoms with Crippen molar-refractivity contribution in [1.82, 2.24) is 9.64 Å². The Morgan fingerprint density at radius 2 is 2.17 bits per heavy atom. The number of fused-ring (bicyclic) bond motifs is 1. The smallest absolute Gasteiger partial charge is 0.410 e. The molecule has 1 aromatic rings. The van der Waals surface area contributed by atoms with Gasteiger partial charge in [0.05, 0.1) is 23.8 Å². The Balaban J connectivity index is 1.81. The quantitative estimate of drug-likeness (QED) is 0.746. The number of rotatable bonds is 1. The van der Waals surface area contributed by atoms with Crippen LogP contribution in [0.2, 0.25) is 0 Å². The minimum absolute atomic E-state index is 0.119. The molecule has 0 aromatic carbocycles. The summed E-state index contributed by atoms with van der Waals surface area (Å²) in [5.41, 5.74) is 0.626. The second-order valence-corrected chi connectivity index (χ2v) is 7.21. The van der Waals surface area contributed by atoms with Crippen molar-refractivity contribution in [3.63, 3.8) is 0 Å². The second kappa shape index (κ2) is 5.91. The fourth-order valence-corrected chi connectivity index (χ4v) is 3.12. The molecule has 1 aliphatic heterocycles. The maximum atomic E-state index is 12.2. The maximum Gasteiger partial charge on any atom is 0.410 e. The molecule has 0 radical (unpaired) electrons. The first kappa shape index (κ1) is 15.9. The van der Waals surface area contributed by atoms with Gasteiger partial charge in [-0.1, -0.05) is 12.2 Å². The highest BCUT2D eigenvalue weighted by Crippen LogP contribution is 2.27. The molecule has 23 heavy (non-hydrogen) atoms. The summed E-state index contributed by atoms with van der Waals surface area (Å²) in [5, 5.41) is 0. The van der Waals surface area contributed by atoms with E-state index in [1.807, 2.05) is 20.8 Å². The molecule has 1 amide bonds. The maximum absolute atomic E-state index is 12.2. The predicted molar refractivity (Wildman–Crippen MR) is 85.3 cm³/mol. The monoisotopic (exact) mass is 320 g/mol. The molecule has 0 bridgehead atoms. The summed E-state index contributed by atoms with van der Waals surface area (Å²) < 4.78 is 12.6. The number of carbonyl (C=O) groups excluding carboxylic acids is 1. The Morgan fingerprint density at radius 3 is 2.83 bits per heavy atom. The molecule has 1 unspecified atom stereocenters. The third-order valence-electron chi connectivity index (χ3n) is 4.19. The minimum Gasteiger partial charge on any atom is -0.444 e. The standard InChI is InChI=1S/C17H24N2O4/c1-17(2,3)22-16(21)18-10-9-14-13(11-18)15(20)23-19(14)12-7-5-4-6-8-12/h5,7,12H,4,6,8-11H2,1-3H3. The Hall–Kier alpha value is -1.98. The van der Waals surface area contributed by atoms with Gasteiger partial charge in [0.15, 0.2) is 0 Å². The lowest BCUT2D eigenvalue weighted by Crippen LogP contribution is -2.41. The molecule has 0 spiro atoms. The van der Waals surface area contributed by atoms with Gasteiger partial charge in [-0.15, -0.1) is 0 Å². The Kier molecular flexibility index (Phi) is 4.08. The molecule has 3 rings (SSSR count). The molecular weight excluding hydrogens is 296 g/mol. The van der Waals surface area contributed by atoms with Crippen LogP contribution in [0.15, 0.2) is 21.5 Å². The van der Waals surface area contributed by atoms with Crippen LogP contribution in [0.25, 0.3) is 0 Å². The van der Waals surface area contributed by atoms with Crippen LogP contribution >= 0.6 is 0 Å². The van der Waals surface area contributed by atoms with Crippen LogP contribution in [-0.4, -0.2) is 27.9 Å². The number of hydrogen-bond donors (Lipinski definition) is 0. The zero-order chi connectivity index (χ0) is 16.6. The van der Waals surface area contributed by atoms with Crippen LogP contribution in [0.1, 0.15) is 57.3 Å². The van der Waals surface area contributed by atoms with Crippen molar-refractivity contribution in [3.05, 3.63) is 33.8 Å². The summed E-state index contributed by atoms with van der Waals surface area (Å²) in [6.07, 6.45) is 7.64. The molecule has 0 N–H and O–H groups in total. The molecule has 0 saturated heterocycles. The third kappa shape index (κ3) is 3.35. The zero-order valence-corrected chi connectivity index (χ0v) is 14.0. The van der Waals surface area contributed by atoms with E-state index in [2.05, 4.69) is 12.2 Å². The number of nitrogens with zero attached hydrogens (tertiary/aromatic N) is 2. The minimum atomic E-state index is -0.541. The van der Waals surface area contributed by atoms with Gasteiger partial charge in [0, 0.05) is 13.0 Å². The van der Waals surface area contributed by atoms with Crippen molar-refractivity contribution >= 4 is 6.09 Å². The second-order valence-electron chi connectivity index (χ2n) is 7.21. The number of ether oxygens (including phenoxy) is 1. The summed E-state index contributed by atoms with van der Waals surface area (Å²) in [6, 6.07) is 0.119. The van der Waals surface area contributed by atoms with Gasteiger partial charge >= 0.3 is 11.7 Å². The van der Waals surface area contributed by atoms with E-state index < -0.39 is 5.60 Å². The normalized spacial score (nSPS) is 21.2. The molecule has 126 valence electrons. The van der Waals surface area contributed by atoms with Crippen LogP contribution in [0.4, 0.5) is 4.79 Å². The number of carbonyl (C=O) groups is 1. The molecule has 0 saturated carbocycles. The van der Waals surface area contributed by atoms with Gasteiger partial charge in [0.1, 0.15) is 5.60 Å². The largest absolute Gasteiger partial charge is 0.444 e. The van der Waals surface area contributed by atoms with E-state index in [1.165, 1.54) is 0 Å². The first-order chi connectivity index (χ1) is 10.8. The molecule has 1 aromatic heterocycles. The number of hydrogen-bond acceptors (Lipinski definition) is 4. The van der Waals surface area contributed by atoms with E-state index in [9.17, 15) is 9.59 Å².